The molecule has 0 saturated carbocycles. The van der Waals surface area contributed by atoms with Gasteiger partial charge in [0.15, 0.2) is 0 Å². The highest BCUT2D eigenvalue weighted by atomic mass is 32.1. The van der Waals surface area contributed by atoms with E-state index in [1.165, 1.54) is 14.6 Å². The molecule has 72 valence electrons. The zero-order chi connectivity index (χ0) is 9.38. The average Bonchev–Trinajstić information content (AvgIpc) is 2.65. The highest BCUT2D eigenvalue weighted by molar-refractivity contribution is 7.21. The van der Waals surface area contributed by atoms with E-state index in [-0.39, 0.29) is 0 Å². The summed E-state index contributed by atoms with van der Waals surface area (Å²) in [5.41, 5.74) is 0. The molecule has 0 radical (unpaired) electrons. The summed E-state index contributed by atoms with van der Waals surface area (Å²) >= 11 is 3.77. The molecule has 0 bridgehead atoms. The summed E-state index contributed by atoms with van der Waals surface area (Å²) < 4.78 is 0. The molecule has 1 nitrogen and oxygen atoms in total. The van der Waals surface area contributed by atoms with Crippen molar-refractivity contribution in [2.75, 3.05) is 13.1 Å². The molecule has 14 heavy (non-hydrogen) atoms. The fourth-order valence-electron chi connectivity index (χ4n) is 1.61. The highest BCUT2D eigenvalue weighted by Gasteiger charge is 2.20. The van der Waals surface area contributed by atoms with Crippen molar-refractivity contribution in [3.8, 4) is 9.75 Å². The third-order valence-corrected chi connectivity index (χ3v) is 4.89. The lowest BCUT2D eigenvalue weighted by Crippen LogP contribution is -2.39. The van der Waals surface area contributed by atoms with Crippen LogP contribution in [0.25, 0.3) is 9.75 Å². The highest BCUT2D eigenvalue weighted by Crippen LogP contribution is 2.35. The predicted octanol–water partition coefficient (Wildman–Crippen LogP) is 3.16. The van der Waals surface area contributed by atoms with Gasteiger partial charge in [0.05, 0.1) is 0 Å². The van der Waals surface area contributed by atoms with Gasteiger partial charge >= 0.3 is 0 Å². The van der Waals surface area contributed by atoms with E-state index in [1.54, 1.807) is 0 Å². The monoisotopic (exact) mass is 221 g/mol. The second-order valence-electron chi connectivity index (χ2n) is 3.53. The SMILES string of the molecule is c1csc(-c2ccc(C3CNC3)s2)c1. The van der Waals surface area contributed by atoms with Crippen molar-refractivity contribution in [2.45, 2.75) is 5.92 Å². The van der Waals surface area contributed by atoms with Crippen molar-refractivity contribution in [3.63, 3.8) is 0 Å². The zero-order valence-electron chi connectivity index (χ0n) is 7.69. The topological polar surface area (TPSA) is 12.0 Å². The average molecular weight is 221 g/mol. The molecule has 1 aliphatic heterocycles. The first-order chi connectivity index (χ1) is 6.93. The Morgan fingerprint density at radius 3 is 2.71 bits per heavy atom. The lowest BCUT2D eigenvalue weighted by molar-refractivity contribution is 0.454. The first-order valence-electron chi connectivity index (χ1n) is 4.78. The van der Waals surface area contributed by atoms with E-state index in [4.69, 9.17) is 0 Å². The largest absolute Gasteiger partial charge is 0.315 e. The molecule has 3 rings (SSSR count). The van der Waals surface area contributed by atoms with Crippen molar-refractivity contribution in [2.24, 2.45) is 0 Å². The molecule has 0 atom stereocenters. The van der Waals surface area contributed by atoms with E-state index in [0.717, 1.165) is 19.0 Å². The number of nitrogens with one attached hydrogen (secondary N) is 1. The fraction of sp³-hybridized carbons (Fsp3) is 0.273. The molecule has 2 aromatic heterocycles. The van der Waals surface area contributed by atoms with Gasteiger partial charge in [0.1, 0.15) is 0 Å². The van der Waals surface area contributed by atoms with E-state index in [2.05, 4.69) is 35.0 Å². The second-order valence-corrected chi connectivity index (χ2v) is 5.60. The van der Waals surface area contributed by atoms with E-state index in [1.807, 2.05) is 22.7 Å². The third kappa shape index (κ3) is 1.41. The molecule has 1 saturated heterocycles. The van der Waals surface area contributed by atoms with Gasteiger partial charge in [-0.1, -0.05) is 6.07 Å². The Morgan fingerprint density at radius 1 is 1.14 bits per heavy atom. The number of thiophene rings is 2. The summed E-state index contributed by atoms with van der Waals surface area (Å²) in [7, 11) is 0. The van der Waals surface area contributed by atoms with Crippen LogP contribution in [0, 0.1) is 0 Å². The molecule has 2 aromatic rings. The van der Waals surface area contributed by atoms with Crippen LogP contribution >= 0.6 is 22.7 Å². The van der Waals surface area contributed by atoms with Gasteiger partial charge in [-0.3, -0.25) is 0 Å². The number of hydrogen-bond donors (Lipinski definition) is 1. The molecule has 0 aliphatic carbocycles. The Kier molecular flexibility index (Phi) is 2.16. The Bertz CT molecular complexity index is 412. The summed E-state index contributed by atoms with van der Waals surface area (Å²) in [6.07, 6.45) is 0. The van der Waals surface area contributed by atoms with E-state index in [0.29, 0.717) is 0 Å². The van der Waals surface area contributed by atoms with Gasteiger partial charge < -0.3 is 5.32 Å². The van der Waals surface area contributed by atoms with Crippen LogP contribution in [0.1, 0.15) is 10.8 Å². The van der Waals surface area contributed by atoms with Crippen molar-refractivity contribution < 1.29 is 0 Å². The molecule has 0 unspecified atom stereocenters. The van der Waals surface area contributed by atoms with E-state index >= 15 is 0 Å². The minimum atomic E-state index is 0.772. The van der Waals surface area contributed by atoms with Gasteiger partial charge in [0, 0.05) is 33.6 Å². The molecule has 3 heterocycles. The molecule has 1 fully saturated rings. The maximum absolute atomic E-state index is 3.31. The standard InChI is InChI=1S/C11H11NS2/c1-2-10(13-5-1)11-4-3-9(14-11)8-6-12-7-8/h1-5,8,12H,6-7H2. The Hall–Kier alpha value is -0.640. The minimum Gasteiger partial charge on any atom is -0.315 e. The third-order valence-electron chi connectivity index (χ3n) is 2.57. The normalized spacial score (nSPS) is 16.9. The predicted molar refractivity (Wildman–Crippen MR) is 63.2 cm³/mol. The second kappa shape index (κ2) is 3.50. The minimum absolute atomic E-state index is 0.772. The maximum atomic E-state index is 3.31. The summed E-state index contributed by atoms with van der Waals surface area (Å²) in [5, 5.41) is 5.45. The molecule has 0 amide bonds. The van der Waals surface area contributed by atoms with Crippen LogP contribution in [-0.4, -0.2) is 13.1 Å². The van der Waals surface area contributed by atoms with Gasteiger partial charge in [-0.2, -0.15) is 0 Å². The fourth-order valence-corrected chi connectivity index (χ4v) is 3.56. The van der Waals surface area contributed by atoms with Gasteiger partial charge in [-0.15, -0.1) is 22.7 Å². The zero-order valence-corrected chi connectivity index (χ0v) is 9.33. The lowest BCUT2D eigenvalue weighted by atomic mass is 10.0. The summed E-state index contributed by atoms with van der Waals surface area (Å²) in [6.45, 7) is 2.31. The van der Waals surface area contributed by atoms with Crippen LogP contribution in [-0.2, 0) is 0 Å². The number of rotatable bonds is 2. The van der Waals surface area contributed by atoms with Crippen molar-refractivity contribution in [3.05, 3.63) is 34.5 Å². The quantitative estimate of drug-likeness (QED) is 0.821. The van der Waals surface area contributed by atoms with Crippen LogP contribution in [0.5, 0.6) is 0 Å². The first kappa shape index (κ1) is 8.65. The van der Waals surface area contributed by atoms with Gasteiger partial charge in [-0.05, 0) is 23.6 Å². The molecule has 1 N–H and O–H groups in total. The first-order valence-corrected chi connectivity index (χ1v) is 6.47. The smallest absolute Gasteiger partial charge is 0.0445 e. The molecule has 1 aliphatic rings. The summed E-state index contributed by atoms with van der Waals surface area (Å²) in [4.78, 5) is 4.35. The van der Waals surface area contributed by atoms with Gasteiger partial charge in [-0.25, -0.2) is 0 Å². The molecule has 0 aromatic carbocycles. The summed E-state index contributed by atoms with van der Waals surface area (Å²) in [5.74, 6) is 0.772. The molecular weight excluding hydrogens is 210 g/mol. The van der Waals surface area contributed by atoms with Crippen LogP contribution in [0.4, 0.5) is 0 Å². The van der Waals surface area contributed by atoms with Gasteiger partial charge in [0.2, 0.25) is 0 Å². The van der Waals surface area contributed by atoms with Crippen LogP contribution < -0.4 is 5.32 Å². The van der Waals surface area contributed by atoms with Crippen molar-refractivity contribution in [1.29, 1.82) is 0 Å². The van der Waals surface area contributed by atoms with Gasteiger partial charge in [0.25, 0.3) is 0 Å². The maximum Gasteiger partial charge on any atom is 0.0445 e. The Balaban J connectivity index is 1.90. The van der Waals surface area contributed by atoms with E-state index in [9.17, 15) is 0 Å². The van der Waals surface area contributed by atoms with Crippen molar-refractivity contribution in [1.82, 2.24) is 5.32 Å². The summed E-state index contributed by atoms with van der Waals surface area (Å²) in [6, 6.07) is 8.85. The van der Waals surface area contributed by atoms with Crippen LogP contribution in [0.3, 0.4) is 0 Å². The number of hydrogen-bond acceptors (Lipinski definition) is 3. The van der Waals surface area contributed by atoms with E-state index < -0.39 is 0 Å². The van der Waals surface area contributed by atoms with Crippen molar-refractivity contribution >= 4 is 22.7 Å². The molecular formula is C11H11NS2. The molecule has 0 spiro atoms. The van der Waals surface area contributed by atoms with Crippen LogP contribution in [0.2, 0.25) is 0 Å². The van der Waals surface area contributed by atoms with Crippen LogP contribution in [0.15, 0.2) is 29.6 Å². The Labute approximate surface area is 91.4 Å². The Morgan fingerprint density at radius 2 is 2.07 bits per heavy atom. The molecule has 3 heteroatoms. The lowest BCUT2D eigenvalue weighted by Gasteiger charge is -2.25.